The smallest absolute Gasteiger partial charge is 0.222 e. The van der Waals surface area contributed by atoms with Gasteiger partial charge in [0.1, 0.15) is 0 Å². The first-order valence-electron chi connectivity index (χ1n) is 7.23. The van der Waals surface area contributed by atoms with Gasteiger partial charge in [-0.05, 0) is 12.5 Å². The Kier molecular flexibility index (Phi) is 5.27. The Hall–Kier alpha value is -2.06. The fourth-order valence-electron chi connectivity index (χ4n) is 3.13. The van der Waals surface area contributed by atoms with Crippen LogP contribution in [0, 0.1) is 10.1 Å². The van der Waals surface area contributed by atoms with Crippen molar-refractivity contribution in [2.24, 2.45) is 0 Å². The molecular weight excluding hydrogens is 306 g/mol. The van der Waals surface area contributed by atoms with Gasteiger partial charge in [0.25, 0.3) is 0 Å². The third-order valence-electron chi connectivity index (χ3n) is 4.29. The molecule has 8 nitrogen and oxygen atoms in total. The van der Waals surface area contributed by atoms with Gasteiger partial charge in [-0.15, -0.1) is 0 Å². The van der Waals surface area contributed by atoms with Crippen molar-refractivity contribution in [1.29, 1.82) is 0 Å². The van der Waals surface area contributed by atoms with Crippen molar-refractivity contribution in [3.8, 4) is 17.2 Å². The third kappa shape index (κ3) is 3.18. The van der Waals surface area contributed by atoms with E-state index in [9.17, 15) is 20.3 Å². The summed E-state index contributed by atoms with van der Waals surface area (Å²) in [7, 11) is 4.38. The Morgan fingerprint density at radius 1 is 1.04 bits per heavy atom. The number of methoxy groups -OCH3 is 3. The van der Waals surface area contributed by atoms with Crippen molar-refractivity contribution in [1.82, 2.24) is 0 Å². The first-order chi connectivity index (χ1) is 10.9. The van der Waals surface area contributed by atoms with Gasteiger partial charge in [-0.2, -0.15) is 0 Å². The highest BCUT2D eigenvalue weighted by atomic mass is 16.6. The lowest BCUT2D eigenvalue weighted by molar-refractivity contribution is -0.533. The number of hydrogen-bond acceptors (Lipinski definition) is 7. The zero-order valence-electron chi connectivity index (χ0n) is 13.3. The van der Waals surface area contributed by atoms with Gasteiger partial charge in [-0.25, -0.2) is 0 Å². The van der Waals surface area contributed by atoms with E-state index >= 15 is 0 Å². The lowest BCUT2D eigenvalue weighted by atomic mass is 9.77. The van der Waals surface area contributed by atoms with E-state index in [0.717, 1.165) is 0 Å². The van der Waals surface area contributed by atoms with Crippen LogP contribution in [0.2, 0.25) is 0 Å². The molecule has 0 radical (unpaired) electrons. The van der Waals surface area contributed by atoms with Crippen LogP contribution in [-0.2, 0) is 0 Å². The number of ether oxygens (including phenoxy) is 3. The Balaban J connectivity index is 2.52. The molecule has 1 fully saturated rings. The lowest BCUT2D eigenvalue weighted by Gasteiger charge is -2.33. The maximum absolute atomic E-state index is 11.4. The summed E-state index contributed by atoms with van der Waals surface area (Å²) >= 11 is 0. The van der Waals surface area contributed by atoms with E-state index in [1.807, 2.05) is 0 Å². The second-order valence-electron chi connectivity index (χ2n) is 5.49. The van der Waals surface area contributed by atoms with Crippen LogP contribution in [0.25, 0.3) is 0 Å². The van der Waals surface area contributed by atoms with Gasteiger partial charge >= 0.3 is 0 Å². The molecule has 0 unspecified atom stereocenters. The molecule has 0 heterocycles. The second kappa shape index (κ2) is 7.01. The normalized spacial score (nSPS) is 27.3. The molecule has 1 aliphatic rings. The molecule has 128 valence electrons. The van der Waals surface area contributed by atoms with E-state index in [-0.39, 0.29) is 12.8 Å². The molecule has 0 aromatic heterocycles. The van der Waals surface area contributed by atoms with Crippen molar-refractivity contribution in [2.45, 2.75) is 37.0 Å². The van der Waals surface area contributed by atoms with E-state index in [0.29, 0.717) is 22.8 Å². The van der Waals surface area contributed by atoms with Crippen molar-refractivity contribution in [2.75, 3.05) is 21.3 Å². The molecular formula is C15H21NO7. The summed E-state index contributed by atoms with van der Waals surface area (Å²) in [6, 6.07) is 2.30. The minimum Gasteiger partial charge on any atom is -0.493 e. The van der Waals surface area contributed by atoms with Crippen LogP contribution in [0.1, 0.15) is 24.3 Å². The van der Waals surface area contributed by atoms with E-state index in [1.165, 1.54) is 21.3 Å². The van der Waals surface area contributed by atoms with Gasteiger partial charge in [0.05, 0.1) is 39.5 Å². The van der Waals surface area contributed by atoms with Crippen molar-refractivity contribution < 1.29 is 29.3 Å². The first kappa shape index (κ1) is 17.3. The molecule has 4 atom stereocenters. The lowest BCUT2D eigenvalue weighted by Crippen LogP contribution is -2.44. The molecule has 0 aliphatic heterocycles. The van der Waals surface area contributed by atoms with E-state index in [1.54, 1.807) is 12.1 Å². The van der Waals surface area contributed by atoms with Crippen molar-refractivity contribution in [3.05, 3.63) is 27.8 Å². The van der Waals surface area contributed by atoms with Crippen molar-refractivity contribution in [3.63, 3.8) is 0 Å². The molecule has 1 aromatic rings. The van der Waals surface area contributed by atoms with Crippen LogP contribution in [0.15, 0.2) is 12.1 Å². The Labute approximate surface area is 133 Å². The summed E-state index contributed by atoms with van der Waals surface area (Å²) in [5.41, 5.74) is 0.554. The molecule has 0 amide bonds. The third-order valence-corrected chi connectivity index (χ3v) is 4.29. The molecule has 2 N–H and O–H groups in total. The Morgan fingerprint density at radius 3 is 2.17 bits per heavy atom. The quantitative estimate of drug-likeness (QED) is 0.612. The molecule has 0 spiro atoms. The van der Waals surface area contributed by atoms with Crippen LogP contribution in [-0.4, -0.2) is 54.7 Å². The molecule has 8 heteroatoms. The number of aliphatic hydroxyl groups is 2. The minimum absolute atomic E-state index is 0.0681. The maximum atomic E-state index is 11.4. The predicted molar refractivity (Wildman–Crippen MR) is 80.9 cm³/mol. The van der Waals surface area contributed by atoms with Crippen LogP contribution in [0.3, 0.4) is 0 Å². The first-order valence-corrected chi connectivity index (χ1v) is 7.23. The van der Waals surface area contributed by atoms with Crippen LogP contribution < -0.4 is 14.2 Å². The SMILES string of the molecule is COc1ccc([C@@H]2C[C@@H](O)[C@H](O)C[C@H]2[N+](=O)[O-])c(OC)c1OC. The standard InChI is InChI=1S/C15H21NO7/c1-21-13-5-4-8(14(22-2)15(13)23-3)9-6-11(17)12(18)7-10(9)16(19)20/h4-5,9-12,17-18H,6-7H2,1-3H3/t9-,10+,11+,12+/m0/s1. The number of nitro groups is 1. The Bertz CT molecular complexity index is 577. The maximum Gasteiger partial charge on any atom is 0.222 e. The molecule has 23 heavy (non-hydrogen) atoms. The molecule has 0 saturated heterocycles. The zero-order chi connectivity index (χ0) is 17.1. The number of aliphatic hydroxyl groups excluding tert-OH is 2. The highest BCUT2D eigenvalue weighted by Gasteiger charge is 2.44. The van der Waals surface area contributed by atoms with Gasteiger partial charge in [0, 0.05) is 16.9 Å². The highest BCUT2D eigenvalue weighted by Crippen LogP contribution is 2.46. The van der Waals surface area contributed by atoms with Gasteiger partial charge in [0.15, 0.2) is 11.5 Å². The topological polar surface area (TPSA) is 111 Å². The van der Waals surface area contributed by atoms with Crippen LogP contribution in [0.4, 0.5) is 0 Å². The average molecular weight is 327 g/mol. The molecule has 1 saturated carbocycles. The summed E-state index contributed by atoms with van der Waals surface area (Å²) in [5.74, 6) is 0.530. The van der Waals surface area contributed by atoms with Gasteiger partial charge in [-0.1, -0.05) is 6.07 Å². The predicted octanol–water partition coefficient (Wildman–Crippen LogP) is 0.957. The zero-order valence-corrected chi connectivity index (χ0v) is 13.3. The van der Waals surface area contributed by atoms with Crippen molar-refractivity contribution >= 4 is 0 Å². The largest absolute Gasteiger partial charge is 0.493 e. The fraction of sp³-hybridized carbons (Fsp3) is 0.600. The Morgan fingerprint density at radius 2 is 1.65 bits per heavy atom. The fourth-order valence-corrected chi connectivity index (χ4v) is 3.13. The van der Waals surface area contributed by atoms with E-state index in [4.69, 9.17) is 14.2 Å². The summed E-state index contributed by atoms with van der Waals surface area (Å²) in [6.45, 7) is 0. The highest BCUT2D eigenvalue weighted by molar-refractivity contribution is 5.57. The summed E-state index contributed by atoms with van der Waals surface area (Å²) in [6.07, 6.45) is -2.17. The molecule has 1 aliphatic carbocycles. The number of benzene rings is 1. The summed E-state index contributed by atoms with van der Waals surface area (Å²) in [4.78, 5) is 11.0. The van der Waals surface area contributed by atoms with E-state index in [2.05, 4.69) is 0 Å². The number of rotatable bonds is 5. The summed E-state index contributed by atoms with van der Waals surface area (Å²) in [5, 5.41) is 31.1. The average Bonchev–Trinajstić information content (AvgIpc) is 2.55. The monoisotopic (exact) mass is 327 g/mol. The van der Waals surface area contributed by atoms with Gasteiger partial charge in [-0.3, -0.25) is 10.1 Å². The second-order valence-corrected chi connectivity index (χ2v) is 5.49. The summed E-state index contributed by atoms with van der Waals surface area (Å²) < 4.78 is 15.9. The number of nitrogens with zero attached hydrogens (tertiary/aromatic N) is 1. The molecule has 2 rings (SSSR count). The number of hydrogen-bond donors (Lipinski definition) is 2. The van der Waals surface area contributed by atoms with Crippen LogP contribution >= 0.6 is 0 Å². The van der Waals surface area contributed by atoms with Crippen LogP contribution in [0.5, 0.6) is 17.2 Å². The minimum atomic E-state index is -1.10. The molecule has 1 aromatic carbocycles. The van der Waals surface area contributed by atoms with Gasteiger partial charge < -0.3 is 24.4 Å². The van der Waals surface area contributed by atoms with Gasteiger partial charge in [0.2, 0.25) is 11.8 Å². The van der Waals surface area contributed by atoms with E-state index < -0.39 is 29.1 Å². The molecule has 0 bridgehead atoms.